The van der Waals surface area contributed by atoms with Gasteiger partial charge in [0.2, 0.25) is 0 Å². The van der Waals surface area contributed by atoms with E-state index in [1.807, 2.05) is 0 Å². The van der Waals surface area contributed by atoms with E-state index in [9.17, 15) is 39.5 Å². The summed E-state index contributed by atoms with van der Waals surface area (Å²) in [6, 6.07) is 0. The molecule has 0 aliphatic heterocycles. The first-order valence-electron chi connectivity index (χ1n) is 11.4. The monoisotopic (exact) mass is 619 g/mol. The van der Waals surface area contributed by atoms with Crippen molar-refractivity contribution in [3.05, 3.63) is 87.3 Å². The van der Waals surface area contributed by atoms with E-state index in [0.717, 1.165) is 0 Å². The van der Waals surface area contributed by atoms with E-state index < -0.39 is 128 Å². The van der Waals surface area contributed by atoms with Gasteiger partial charge >= 0.3 is 29.6 Å². The fourth-order valence-electron chi connectivity index (χ4n) is 5.84. The van der Waals surface area contributed by atoms with Crippen molar-refractivity contribution in [3.63, 3.8) is 0 Å². The van der Waals surface area contributed by atoms with Crippen molar-refractivity contribution >= 4 is 22.5 Å². The molecule has 218 valence electrons. The number of hydrogen-bond donors (Lipinski definition) is 0. The van der Waals surface area contributed by atoms with Crippen LogP contribution < -0.4 is 45.9 Å². The maximum Gasteiger partial charge on any atom is 1.00 e. The van der Waals surface area contributed by atoms with Crippen LogP contribution in [0.3, 0.4) is 0 Å². The van der Waals surface area contributed by atoms with Gasteiger partial charge in [0.05, 0.1) is 0 Å². The van der Waals surface area contributed by atoms with Crippen LogP contribution in [0, 0.1) is 87.3 Å². The Hall–Kier alpha value is -2.33. The normalized spacial score (nSPS) is 14.4. The topological polar surface area (TPSA) is 0 Å². The van der Waals surface area contributed by atoms with Crippen LogP contribution in [0.4, 0.5) is 65.9 Å². The Morgan fingerprint density at radius 1 is 0.341 bits per heavy atom. The SMILES string of the molecule is Fc1c(F)c(F)c([B-](c2c(F)c(F)c(F)c(F)c2F)(c2c(F)c(F)c(F)c(F)c2F)C2CCCCC2)c(F)c1F.[H-].[Na+]. The minimum atomic E-state index is -5.44. The van der Waals surface area contributed by atoms with Gasteiger partial charge in [-0.05, 0) is 0 Å². The molecule has 4 rings (SSSR count). The van der Waals surface area contributed by atoms with Crippen LogP contribution in [-0.4, -0.2) is 6.15 Å². The van der Waals surface area contributed by atoms with Gasteiger partial charge in [-0.1, -0.05) is 32.1 Å². The minimum Gasteiger partial charge on any atom is -1.00 e. The summed E-state index contributed by atoms with van der Waals surface area (Å²) in [5, 5.41) is 0. The summed E-state index contributed by atoms with van der Waals surface area (Å²) in [7, 11) is 0. The molecule has 0 radical (unpaired) electrons. The summed E-state index contributed by atoms with van der Waals surface area (Å²) in [6.07, 6.45) is -6.99. The molecule has 1 saturated carbocycles. The van der Waals surface area contributed by atoms with Crippen molar-refractivity contribution in [1.29, 1.82) is 0 Å². The molecule has 0 aromatic heterocycles. The van der Waals surface area contributed by atoms with Crippen LogP contribution >= 0.6 is 0 Å². The van der Waals surface area contributed by atoms with E-state index in [1.165, 1.54) is 0 Å². The molecule has 1 aliphatic rings. The summed E-state index contributed by atoms with van der Waals surface area (Å²) in [4.78, 5) is 0. The molecule has 1 aliphatic carbocycles. The first kappa shape index (κ1) is 33.2. The fourth-order valence-corrected chi connectivity index (χ4v) is 5.84. The number of halogens is 15. The molecule has 3 aromatic rings. The van der Waals surface area contributed by atoms with Crippen molar-refractivity contribution < 1.29 is 96.8 Å². The van der Waals surface area contributed by atoms with Crippen molar-refractivity contribution in [2.24, 2.45) is 0 Å². The van der Waals surface area contributed by atoms with Crippen molar-refractivity contribution in [3.8, 4) is 0 Å². The average Bonchev–Trinajstić information content (AvgIpc) is 2.95. The van der Waals surface area contributed by atoms with E-state index in [0.29, 0.717) is 0 Å². The molecule has 0 heterocycles. The first-order valence-corrected chi connectivity index (χ1v) is 11.4. The second-order valence-corrected chi connectivity index (χ2v) is 9.28. The van der Waals surface area contributed by atoms with Crippen molar-refractivity contribution in [2.75, 3.05) is 0 Å². The Labute approximate surface area is 244 Å². The molecule has 0 amide bonds. The zero-order chi connectivity index (χ0) is 30.0. The zero-order valence-electron chi connectivity index (χ0n) is 21.4. The Balaban J connectivity index is 0.00000308. The fraction of sp³-hybridized carbons (Fsp3) is 0.250. The van der Waals surface area contributed by atoms with Crippen LogP contribution in [0.5, 0.6) is 0 Å². The Kier molecular flexibility index (Phi) is 9.51. The van der Waals surface area contributed by atoms with Gasteiger partial charge < -0.3 is 1.43 Å². The van der Waals surface area contributed by atoms with Gasteiger partial charge in [-0.2, -0.15) is 5.82 Å². The number of benzene rings is 3. The molecule has 17 heteroatoms. The molecular weight excluding hydrogens is 607 g/mol. The molecule has 0 spiro atoms. The molecule has 0 saturated heterocycles. The molecule has 41 heavy (non-hydrogen) atoms. The summed E-state index contributed by atoms with van der Waals surface area (Å²) >= 11 is 0. The summed E-state index contributed by atoms with van der Waals surface area (Å²) in [6.45, 7) is 0. The van der Waals surface area contributed by atoms with Gasteiger partial charge in [-0.15, -0.1) is 16.4 Å². The van der Waals surface area contributed by atoms with Crippen molar-refractivity contribution in [2.45, 2.75) is 37.9 Å². The van der Waals surface area contributed by atoms with E-state index in [1.54, 1.807) is 0 Å². The van der Waals surface area contributed by atoms with Gasteiger partial charge in [-0.3, -0.25) is 0 Å². The third kappa shape index (κ3) is 4.64. The molecule has 0 bridgehead atoms. The molecule has 0 atom stereocenters. The molecule has 0 unspecified atom stereocenters. The number of hydrogen-bond acceptors (Lipinski definition) is 0. The molecule has 3 aromatic carbocycles. The van der Waals surface area contributed by atoms with Gasteiger partial charge in [0.25, 0.3) is 0 Å². The van der Waals surface area contributed by atoms with Crippen LogP contribution in [-0.2, 0) is 0 Å². The first-order chi connectivity index (χ1) is 18.6. The standard InChI is InChI=1S/C24H11BF15.Na.H/c26-10-7(11(27)17(33)22(38)16(10)32)25(6-4-2-1-3-5-6,8-12(28)18(34)23(39)19(35)13(8)29)9-14(30)20(36)24(40)21(37)15(9)31;;/h6H,1-5H2;;/q-1;+1;-1. The maximum absolute atomic E-state index is 15.4. The van der Waals surface area contributed by atoms with Gasteiger partial charge in [0.15, 0.2) is 52.4 Å². The summed E-state index contributed by atoms with van der Waals surface area (Å²) in [5.74, 6) is -46.5. The molecule has 1 fully saturated rings. The minimum absolute atomic E-state index is 0. The summed E-state index contributed by atoms with van der Waals surface area (Å²) in [5.41, 5.74) is -7.56. The number of rotatable bonds is 4. The quantitative estimate of drug-likeness (QED) is 0.181. The second kappa shape index (κ2) is 11.7. The van der Waals surface area contributed by atoms with E-state index in [2.05, 4.69) is 0 Å². The predicted molar refractivity (Wildman–Crippen MR) is 111 cm³/mol. The maximum atomic E-state index is 15.4. The van der Waals surface area contributed by atoms with Gasteiger partial charge in [0, 0.05) is 0 Å². The molecular formula is C24H12BF15Na-. The van der Waals surface area contributed by atoms with Gasteiger partial charge in [-0.25, -0.2) is 65.9 Å². The second-order valence-electron chi connectivity index (χ2n) is 9.28. The van der Waals surface area contributed by atoms with E-state index in [-0.39, 0.29) is 50.2 Å². The predicted octanol–water partition coefficient (Wildman–Crippen LogP) is 3.69. The Morgan fingerprint density at radius 3 is 0.756 bits per heavy atom. The molecule has 0 N–H and O–H groups in total. The van der Waals surface area contributed by atoms with Crippen LogP contribution in [0.15, 0.2) is 0 Å². The third-order valence-corrected chi connectivity index (χ3v) is 7.45. The van der Waals surface area contributed by atoms with E-state index in [4.69, 9.17) is 0 Å². The van der Waals surface area contributed by atoms with E-state index >= 15 is 26.3 Å². The van der Waals surface area contributed by atoms with Gasteiger partial charge in [0.1, 0.15) is 41.0 Å². The summed E-state index contributed by atoms with van der Waals surface area (Å²) < 4.78 is 221. The Bertz CT molecular complexity index is 1300. The van der Waals surface area contributed by atoms with Crippen LogP contribution in [0.1, 0.15) is 33.5 Å². The Morgan fingerprint density at radius 2 is 0.537 bits per heavy atom. The molecule has 0 nitrogen and oxygen atoms in total. The van der Waals surface area contributed by atoms with Crippen LogP contribution in [0.25, 0.3) is 0 Å². The smallest absolute Gasteiger partial charge is 1.00 e. The largest absolute Gasteiger partial charge is 1.00 e. The average molecular weight is 619 g/mol. The van der Waals surface area contributed by atoms with Crippen molar-refractivity contribution in [1.82, 2.24) is 0 Å². The van der Waals surface area contributed by atoms with Crippen LogP contribution in [0.2, 0.25) is 5.82 Å². The zero-order valence-corrected chi connectivity index (χ0v) is 22.4. The third-order valence-electron chi connectivity index (χ3n) is 7.45.